The molecule has 1 rings (SSSR count). The summed E-state index contributed by atoms with van der Waals surface area (Å²) in [5.74, 6) is -1.82. The van der Waals surface area contributed by atoms with Crippen molar-refractivity contribution in [2.45, 2.75) is 19.8 Å². The zero-order valence-corrected chi connectivity index (χ0v) is 7.64. The normalized spacial score (nSPS) is 13.0. The highest BCUT2D eigenvalue weighted by molar-refractivity contribution is 5.27. The molecule has 1 atom stereocenters. The molecule has 0 amide bonds. The first kappa shape index (κ1) is 10.1. The molecule has 0 bridgehead atoms. The average molecular weight is 186 g/mol. The molecule has 0 radical (unpaired) electrons. The third-order valence-corrected chi connectivity index (χ3v) is 2.08. The van der Waals surface area contributed by atoms with Gasteiger partial charge < -0.3 is 5.11 Å². The van der Waals surface area contributed by atoms with Gasteiger partial charge in [-0.25, -0.2) is 8.78 Å². The maximum Gasteiger partial charge on any atom is 0.161 e. The molecule has 0 aliphatic carbocycles. The first-order chi connectivity index (χ1) is 6.06. The van der Waals surface area contributed by atoms with Gasteiger partial charge in [0.25, 0.3) is 0 Å². The van der Waals surface area contributed by atoms with Crippen molar-refractivity contribution < 1.29 is 13.9 Å². The Kier molecular flexibility index (Phi) is 2.98. The lowest BCUT2D eigenvalue weighted by Crippen LogP contribution is -2.01. The van der Waals surface area contributed by atoms with Gasteiger partial charge in [0.1, 0.15) is 0 Å². The largest absolute Gasteiger partial charge is 0.396 e. The van der Waals surface area contributed by atoms with Crippen molar-refractivity contribution in [2.24, 2.45) is 0 Å². The topological polar surface area (TPSA) is 20.2 Å². The summed E-state index contributed by atoms with van der Waals surface area (Å²) >= 11 is 0. The molecule has 0 heterocycles. The number of benzene rings is 1. The number of hydrogen-bond donors (Lipinski definition) is 1. The van der Waals surface area contributed by atoms with Crippen molar-refractivity contribution in [2.75, 3.05) is 6.61 Å². The van der Waals surface area contributed by atoms with Crippen LogP contribution < -0.4 is 0 Å². The smallest absolute Gasteiger partial charge is 0.161 e. The fourth-order valence-electron chi connectivity index (χ4n) is 1.14. The highest BCUT2D eigenvalue weighted by Crippen LogP contribution is 2.20. The van der Waals surface area contributed by atoms with Gasteiger partial charge in [0.15, 0.2) is 11.6 Å². The summed E-state index contributed by atoms with van der Waals surface area (Å²) in [5.41, 5.74) is 0.897. The first-order valence-corrected chi connectivity index (χ1v) is 4.12. The molecule has 0 aliphatic rings. The van der Waals surface area contributed by atoms with E-state index in [2.05, 4.69) is 0 Å². The SMILES string of the molecule is Cc1cc([C@H](C)CO)cc(F)c1F. The Balaban J connectivity index is 3.13. The van der Waals surface area contributed by atoms with Gasteiger partial charge in [-0.05, 0) is 24.1 Å². The minimum absolute atomic E-state index is 0.0650. The van der Waals surface area contributed by atoms with Crippen LogP contribution in [0.3, 0.4) is 0 Å². The number of aliphatic hydroxyl groups excluding tert-OH is 1. The molecule has 1 nitrogen and oxygen atoms in total. The van der Waals surface area contributed by atoms with Crippen molar-refractivity contribution in [3.8, 4) is 0 Å². The molecule has 0 unspecified atom stereocenters. The second-order valence-corrected chi connectivity index (χ2v) is 3.22. The van der Waals surface area contributed by atoms with E-state index in [0.717, 1.165) is 6.07 Å². The van der Waals surface area contributed by atoms with Gasteiger partial charge in [-0.15, -0.1) is 0 Å². The third-order valence-electron chi connectivity index (χ3n) is 2.08. The zero-order valence-electron chi connectivity index (χ0n) is 7.64. The minimum atomic E-state index is -0.852. The Bertz CT molecular complexity index is 287. The van der Waals surface area contributed by atoms with Crippen LogP contribution in [0, 0.1) is 18.6 Å². The van der Waals surface area contributed by atoms with E-state index in [9.17, 15) is 8.78 Å². The molecule has 0 saturated carbocycles. The van der Waals surface area contributed by atoms with Crippen LogP contribution in [-0.2, 0) is 0 Å². The van der Waals surface area contributed by atoms with Crippen molar-refractivity contribution >= 4 is 0 Å². The van der Waals surface area contributed by atoms with Crippen LogP contribution in [0.25, 0.3) is 0 Å². The molecule has 0 spiro atoms. The summed E-state index contributed by atoms with van der Waals surface area (Å²) in [6.07, 6.45) is 0. The van der Waals surface area contributed by atoms with E-state index in [-0.39, 0.29) is 18.1 Å². The predicted octanol–water partition coefficient (Wildman–Crippen LogP) is 2.37. The molecule has 0 saturated heterocycles. The molecule has 1 N–H and O–H groups in total. The Labute approximate surface area is 76.0 Å². The summed E-state index contributed by atoms with van der Waals surface area (Å²) in [5, 5.41) is 8.82. The van der Waals surface area contributed by atoms with E-state index < -0.39 is 11.6 Å². The van der Waals surface area contributed by atoms with Crippen molar-refractivity contribution in [3.63, 3.8) is 0 Å². The van der Waals surface area contributed by atoms with Crippen LogP contribution in [0.5, 0.6) is 0 Å². The highest BCUT2D eigenvalue weighted by atomic mass is 19.2. The van der Waals surface area contributed by atoms with Crippen LogP contribution in [-0.4, -0.2) is 11.7 Å². The molecule has 0 aliphatic heterocycles. The third kappa shape index (κ3) is 2.04. The van der Waals surface area contributed by atoms with E-state index in [1.165, 1.54) is 6.92 Å². The lowest BCUT2D eigenvalue weighted by Gasteiger charge is -2.09. The second-order valence-electron chi connectivity index (χ2n) is 3.22. The molecule has 1 aromatic rings. The summed E-state index contributed by atoms with van der Waals surface area (Å²) in [7, 11) is 0. The lowest BCUT2D eigenvalue weighted by atomic mass is 10.00. The summed E-state index contributed by atoms with van der Waals surface area (Å²) < 4.78 is 25.7. The van der Waals surface area contributed by atoms with E-state index in [0.29, 0.717) is 5.56 Å². The van der Waals surface area contributed by atoms with Crippen LogP contribution in [0.1, 0.15) is 24.0 Å². The first-order valence-electron chi connectivity index (χ1n) is 4.12. The van der Waals surface area contributed by atoms with Gasteiger partial charge in [-0.2, -0.15) is 0 Å². The lowest BCUT2D eigenvalue weighted by molar-refractivity contribution is 0.272. The van der Waals surface area contributed by atoms with Gasteiger partial charge in [-0.1, -0.05) is 13.0 Å². The quantitative estimate of drug-likeness (QED) is 0.751. The van der Waals surface area contributed by atoms with E-state index in [1.807, 2.05) is 0 Å². The van der Waals surface area contributed by atoms with Gasteiger partial charge in [0, 0.05) is 12.5 Å². The van der Waals surface area contributed by atoms with Gasteiger partial charge in [-0.3, -0.25) is 0 Å². The standard InChI is InChI=1S/C10H12F2O/c1-6-3-8(7(2)5-13)4-9(11)10(6)12/h3-4,7,13H,5H2,1-2H3/t7-/m1/s1. The van der Waals surface area contributed by atoms with Gasteiger partial charge in [0.05, 0.1) is 0 Å². The summed E-state index contributed by atoms with van der Waals surface area (Å²) in [6.45, 7) is 3.20. The van der Waals surface area contributed by atoms with Crippen LogP contribution >= 0.6 is 0 Å². The number of halogens is 2. The molecular weight excluding hydrogens is 174 g/mol. The average Bonchev–Trinajstić information content (AvgIpc) is 2.12. The molecule has 1 aromatic carbocycles. The Morgan fingerprint density at radius 1 is 1.38 bits per heavy atom. The molecule has 13 heavy (non-hydrogen) atoms. The van der Waals surface area contributed by atoms with Crippen LogP contribution in [0.15, 0.2) is 12.1 Å². The second kappa shape index (κ2) is 3.83. The molecule has 72 valence electrons. The Morgan fingerprint density at radius 2 is 2.00 bits per heavy atom. The van der Waals surface area contributed by atoms with Crippen molar-refractivity contribution in [3.05, 3.63) is 34.9 Å². The fourth-order valence-corrected chi connectivity index (χ4v) is 1.14. The maximum atomic E-state index is 12.9. The number of hydrogen-bond acceptors (Lipinski definition) is 1. The molecular formula is C10H12F2O. The van der Waals surface area contributed by atoms with Crippen LogP contribution in [0.2, 0.25) is 0 Å². The Hall–Kier alpha value is -0.960. The number of aryl methyl sites for hydroxylation is 1. The van der Waals surface area contributed by atoms with E-state index in [4.69, 9.17) is 5.11 Å². The summed E-state index contributed by atoms with van der Waals surface area (Å²) in [6, 6.07) is 2.68. The van der Waals surface area contributed by atoms with E-state index in [1.54, 1.807) is 13.0 Å². The molecule has 0 fully saturated rings. The predicted molar refractivity (Wildman–Crippen MR) is 46.6 cm³/mol. The number of rotatable bonds is 2. The van der Waals surface area contributed by atoms with Crippen molar-refractivity contribution in [1.82, 2.24) is 0 Å². The van der Waals surface area contributed by atoms with Crippen LogP contribution in [0.4, 0.5) is 8.78 Å². The zero-order chi connectivity index (χ0) is 10.0. The number of aliphatic hydroxyl groups is 1. The maximum absolute atomic E-state index is 12.9. The molecule has 0 aromatic heterocycles. The monoisotopic (exact) mass is 186 g/mol. The highest BCUT2D eigenvalue weighted by Gasteiger charge is 2.11. The fraction of sp³-hybridized carbons (Fsp3) is 0.400. The summed E-state index contributed by atoms with van der Waals surface area (Å²) in [4.78, 5) is 0. The molecule has 3 heteroatoms. The van der Waals surface area contributed by atoms with Gasteiger partial charge >= 0.3 is 0 Å². The van der Waals surface area contributed by atoms with Crippen molar-refractivity contribution in [1.29, 1.82) is 0 Å². The minimum Gasteiger partial charge on any atom is -0.396 e. The van der Waals surface area contributed by atoms with E-state index >= 15 is 0 Å². The van der Waals surface area contributed by atoms with Gasteiger partial charge in [0.2, 0.25) is 0 Å². The Morgan fingerprint density at radius 3 is 2.46 bits per heavy atom.